The van der Waals surface area contributed by atoms with E-state index in [4.69, 9.17) is 0 Å². The van der Waals surface area contributed by atoms with Crippen molar-refractivity contribution in [2.45, 2.75) is 59.5 Å². The van der Waals surface area contributed by atoms with E-state index in [9.17, 15) is 14.4 Å². The van der Waals surface area contributed by atoms with Crippen molar-refractivity contribution in [2.24, 2.45) is 7.05 Å². The van der Waals surface area contributed by atoms with Crippen LogP contribution >= 0.6 is 0 Å². The molecule has 0 aliphatic heterocycles. The summed E-state index contributed by atoms with van der Waals surface area (Å²) < 4.78 is 1.66. The van der Waals surface area contributed by atoms with E-state index in [1.807, 2.05) is 33.8 Å². The first-order valence-electron chi connectivity index (χ1n) is 10.9. The van der Waals surface area contributed by atoms with Crippen molar-refractivity contribution in [3.63, 3.8) is 0 Å². The molecular weight excluding hydrogens is 406 g/mol. The van der Waals surface area contributed by atoms with Crippen molar-refractivity contribution in [2.75, 3.05) is 0 Å². The number of benzene rings is 1. The summed E-state index contributed by atoms with van der Waals surface area (Å²) in [6.45, 7) is 8.10. The first-order valence-corrected chi connectivity index (χ1v) is 10.9. The topological polar surface area (TPSA) is 109 Å². The predicted octanol–water partition coefficient (Wildman–Crippen LogP) is 2.66. The molecule has 2 heterocycles. The molecule has 3 aromatic rings. The number of hydrogen-bond acceptors (Lipinski definition) is 4. The lowest BCUT2D eigenvalue weighted by Gasteiger charge is -2.12. The number of nitrogens with zero attached hydrogens (tertiary/aromatic N) is 2. The SMILES string of the molecule is CCC(C)NC(=O)c1cccc(CNC(=O)CCc2c(C)c3c(C)nn(C)c3[nH]c2=O)c1. The molecule has 1 unspecified atom stereocenters. The monoisotopic (exact) mass is 437 g/mol. The van der Waals surface area contributed by atoms with Gasteiger partial charge >= 0.3 is 0 Å². The number of nitrogens with one attached hydrogen (secondary N) is 3. The maximum absolute atomic E-state index is 12.5. The van der Waals surface area contributed by atoms with E-state index in [1.54, 1.807) is 29.9 Å². The van der Waals surface area contributed by atoms with Crippen LogP contribution in [0.4, 0.5) is 0 Å². The van der Waals surface area contributed by atoms with Gasteiger partial charge < -0.3 is 15.6 Å². The summed E-state index contributed by atoms with van der Waals surface area (Å²) in [5, 5.41) is 11.1. The molecule has 0 saturated heterocycles. The Bertz CT molecular complexity index is 1210. The molecule has 3 rings (SSSR count). The van der Waals surface area contributed by atoms with E-state index < -0.39 is 0 Å². The van der Waals surface area contributed by atoms with Crippen LogP contribution in [0.3, 0.4) is 0 Å². The van der Waals surface area contributed by atoms with Gasteiger partial charge in [-0.1, -0.05) is 19.1 Å². The fourth-order valence-electron chi connectivity index (χ4n) is 3.81. The molecule has 1 aromatic carbocycles. The number of rotatable bonds is 8. The van der Waals surface area contributed by atoms with Gasteiger partial charge in [-0.15, -0.1) is 0 Å². The molecule has 32 heavy (non-hydrogen) atoms. The zero-order valence-electron chi connectivity index (χ0n) is 19.3. The lowest BCUT2D eigenvalue weighted by molar-refractivity contribution is -0.121. The minimum Gasteiger partial charge on any atom is -0.352 e. The minimum atomic E-state index is -0.189. The van der Waals surface area contributed by atoms with E-state index >= 15 is 0 Å². The van der Waals surface area contributed by atoms with Crippen LogP contribution in [0.2, 0.25) is 0 Å². The summed E-state index contributed by atoms with van der Waals surface area (Å²) in [6, 6.07) is 7.32. The molecule has 0 saturated carbocycles. The van der Waals surface area contributed by atoms with E-state index in [1.165, 1.54) is 0 Å². The third-order valence-electron chi connectivity index (χ3n) is 5.83. The van der Waals surface area contributed by atoms with Crippen LogP contribution in [-0.4, -0.2) is 32.6 Å². The van der Waals surface area contributed by atoms with Crippen molar-refractivity contribution in [3.8, 4) is 0 Å². The number of amides is 2. The molecule has 2 aromatic heterocycles. The Morgan fingerprint density at radius 3 is 2.72 bits per heavy atom. The molecule has 0 aliphatic rings. The molecule has 8 heteroatoms. The molecule has 0 aliphatic carbocycles. The maximum Gasteiger partial charge on any atom is 0.253 e. The Balaban J connectivity index is 1.62. The van der Waals surface area contributed by atoms with E-state index in [-0.39, 0.29) is 29.8 Å². The summed E-state index contributed by atoms with van der Waals surface area (Å²) in [4.78, 5) is 40.2. The van der Waals surface area contributed by atoms with Crippen LogP contribution in [0.1, 0.15) is 59.4 Å². The predicted molar refractivity (Wildman–Crippen MR) is 125 cm³/mol. The smallest absolute Gasteiger partial charge is 0.253 e. The molecule has 0 fully saturated rings. The van der Waals surface area contributed by atoms with E-state index in [0.717, 1.165) is 28.6 Å². The van der Waals surface area contributed by atoms with Crippen LogP contribution < -0.4 is 16.2 Å². The quantitative estimate of drug-likeness (QED) is 0.503. The Morgan fingerprint density at radius 1 is 1.25 bits per heavy atom. The normalized spacial score (nSPS) is 12.0. The Morgan fingerprint density at radius 2 is 2.00 bits per heavy atom. The molecule has 0 spiro atoms. The zero-order chi connectivity index (χ0) is 23.4. The van der Waals surface area contributed by atoms with Crippen molar-refractivity contribution in [1.29, 1.82) is 0 Å². The third-order valence-corrected chi connectivity index (χ3v) is 5.83. The lowest BCUT2D eigenvalue weighted by Crippen LogP contribution is -2.32. The van der Waals surface area contributed by atoms with Gasteiger partial charge in [-0.05, 0) is 56.9 Å². The summed E-state index contributed by atoms with van der Waals surface area (Å²) in [7, 11) is 1.79. The van der Waals surface area contributed by atoms with Crippen molar-refractivity contribution in [1.82, 2.24) is 25.4 Å². The molecule has 170 valence electrons. The summed E-state index contributed by atoms with van der Waals surface area (Å²) in [5.74, 6) is -0.274. The Hall–Kier alpha value is -3.42. The number of hydrogen-bond donors (Lipinski definition) is 3. The molecular formula is C24H31N5O3. The molecule has 0 bridgehead atoms. The molecule has 2 amide bonds. The van der Waals surface area contributed by atoms with Crippen LogP contribution in [0, 0.1) is 13.8 Å². The second-order valence-corrected chi connectivity index (χ2v) is 8.25. The molecule has 1 atom stereocenters. The summed E-state index contributed by atoms with van der Waals surface area (Å²) >= 11 is 0. The Labute approximate surface area is 187 Å². The maximum atomic E-state index is 12.5. The first kappa shape index (κ1) is 23.2. The highest BCUT2D eigenvalue weighted by molar-refractivity contribution is 5.94. The number of fused-ring (bicyclic) bond motifs is 1. The van der Waals surface area contributed by atoms with Gasteiger partial charge in [-0.3, -0.25) is 19.1 Å². The number of aryl methyl sites for hydroxylation is 3. The summed E-state index contributed by atoms with van der Waals surface area (Å²) in [5.41, 5.74) is 4.23. The largest absolute Gasteiger partial charge is 0.352 e. The van der Waals surface area contributed by atoms with Gasteiger partial charge in [-0.25, -0.2) is 0 Å². The van der Waals surface area contributed by atoms with Gasteiger partial charge in [-0.2, -0.15) is 5.10 Å². The second kappa shape index (κ2) is 9.80. The highest BCUT2D eigenvalue weighted by atomic mass is 16.2. The fraction of sp³-hybridized carbons (Fsp3) is 0.417. The second-order valence-electron chi connectivity index (χ2n) is 8.25. The standard InChI is InChI=1S/C24H31N5O3/c1-6-14(2)26-23(31)18-9-7-8-17(12-18)13-25-20(30)11-10-19-15(3)21-16(4)28-29(5)22(21)27-24(19)32/h7-9,12,14H,6,10-11,13H2,1-5H3,(H,25,30)(H,26,31)(H,27,32). The summed E-state index contributed by atoms with van der Waals surface area (Å²) in [6.07, 6.45) is 1.40. The van der Waals surface area contributed by atoms with Crippen LogP contribution in [0.15, 0.2) is 29.1 Å². The number of pyridine rings is 1. The average Bonchev–Trinajstić information content (AvgIpc) is 3.05. The third kappa shape index (κ3) is 5.07. The zero-order valence-corrected chi connectivity index (χ0v) is 19.3. The number of H-pyrrole nitrogens is 1. The van der Waals surface area contributed by atoms with Gasteiger partial charge in [0, 0.05) is 42.6 Å². The highest BCUT2D eigenvalue weighted by Crippen LogP contribution is 2.21. The van der Waals surface area contributed by atoms with Gasteiger partial charge in [0.1, 0.15) is 5.65 Å². The molecule has 8 nitrogen and oxygen atoms in total. The highest BCUT2D eigenvalue weighted by Gasteiger charge is 2.16. The number of aromatic nitrogens is 3. The van der Waals surface area contributed by atoms with Gasteiger partial charge in [0.05, 0.1) is 5.69 Å². The van der Waals surface area contributed by atoms with Crippen molar-refractivity contribution < 1.29 is 9.59 Å². The van der Waals surface area contributed by atoms with Crippen LogP contribution in [0.25, 0.3) is 11.0 Å². The number of aromatic amines is 1. The number of carbonyl (C=O) groups is 2. The Kier molecular flexibility index (Phi) is 7.12. The van der Waals surface area contributed by atoms with Gasteiger partial charge in [0.25, 0.3) is 11.5 Å². The molecule has 3 N–H and O–H groups in total. The lowest BCUT2D eigenvalue weighted by atomic mass is 10.0. The number of carbonyl (C=O) groups excluding carboxylic acids is 2. The van der Waals surface area contributed by atoms with E-state index in [0.29, 0.717) is 29.7 Å². The van der Waals surface area contributed by atoms with Crippen LogP contribution in [-0.2, 0) is 24.8 Å². The van der Waals surface area contributed by atoms with Crippen molar-refractivity contribution in [3.05, 3.63) is 62.6 Å². The van der Waals surface area contributed by atoms with Gasteiger partial charge in [0.15, 0.2) is 0 Å². The van der Waals surface area contributed by atoms with Crippen LogP contribution in [0.5, 0.6) is 0 Å². The first-order chi connectivity index (χ1) is 15.2. The average molecular weight is 438 g/mol. The fourth-order valence-corrected chi connectivity index (χ4v) is 3.81. The minimum absolute atomic E-state index is 0.104. The van der Waals surface area contributed by atoms with E-state index in [2.05, 4.69) is 20.7 Å². The van der Waals surface area contributed by atoms with Crippen molar-refractivity contribution >= 4 is 22.8 Å². The molecule has 0 radical (unpaired) electrons. The van der Waals surface area contributed by atoms with Gasteiger partial charge in [0.2, 0.25) is 5.91 Å².